The van der Waals surface area contributed by atoms with Gasteiger partial charge in [0.05, 0.1) is 10.6 Å². The highest BCUT2D eigenvalue weighted by Crippen LogP contribution is 2.21. The fourth-order valence-corrected chi connectivity index (χ4v) is 3.50. The van der Waals surface area contributed by atoms with Crippen LogP contribution in [0.5, 0.6) is 5.75 Å². The molecule has 0 aliphatic rings. The lowest BCUT2D eigenvalue weighted by molar-refractivity contribution is -0.118. The van der Waals surface area contributed by atoms with E-state index < -0.39 is 15.7 Å². The number of rotatable bonds is 7. The van der Waals surface area contributed by atoms with Crippen molar-refractivity contribution in [3.8, 4) is 5.75 Å². The van der Waals surface area contributed by atoms with Crippen LogP contribution in [0.3, 0.4) is 0 Å². The van der Waals surface area contributed by atoms with E-state index >= 15 is 0 Å². The van der Waals surface area contributed by atoms with E-state index in [0.717, 1.165) is 6.26 Å². The molecule has 0 fully saturated rings. The number of sulfone groups is 1. The largest absolute Gasteiger partial charge is 0.484 e. The second kappa shape index (κ2) is 9.23. The number of carbonyl (C=O) groups excluding carboxylic acids is 2. The van der Waals surface area contributed by atoms with E-state index in [4.69, 9.17) is 4.74 Å². The summed E-state index contributed by atoms with van der Waals surface area (Å²) in [6, 6.07) is 21.5. The zero-order valence-electron chi connectivity index (χ0n) is 16.2. The van der Waals surface area contributed by atoms with Crippen molar-refractivity contribution in [2.24, 2.45) is 0 Å². The van der Waals surface area contributed by atoms with Crippen LogP contribution in [-0.4, -0.2) is 33.1 Å². The summed E-state index contributed by atoms with van der Waals surface area (Å²) >= 11 is 0. The van der Waals surface area contributed by atoms with Gasteiger partial charge in [-0.2, -0.15) is 0 Å². The molecule has 3 aromatic carbocycles. The summed E-state index contributed by atoms with van der Waals surface area (Å²) < 4.78 is 29.0. The Hall–Kier alpha value is -3.65. The van der Waals surface area contributed by atoms with Crippen molar-refractivity contribution in [2.45, 2.75) is 4.90 Å². The Balaban J connectivity index is 1.55. The molecule has 7 nitrogen and oxygen atoms in total. The molecule has 2 amide bonds. The minimum atomic E-state index is -3.47. The van der Waals surface area contributed by atoms with Gasteiger partial charge in [0.15, 0.2) is 16.4 Å². The van der Waals surface area contributed by atoms with Gasteiger partial charge in [-0.15, -0.1) is 0 Å². The van der Waals surface area contributed by atoms with Gasteiger partial charge in [0.25, 0.3) is 11.8 Å². The average Bonchev–Trinajstić information content (AvgIpc) is 2.73. The number of amides is 2. The lowest BCUT2D eigenvalue weighted by Crippen LogP contribution is -2.21. The summed E-state index contributed by atoms with van der Waals surface area (Å²) in [7, 11) is -3.47. The van der Waals surface area contributed by atoms with Gasteiger partial charge in [-0.25, -0.2) is 8.42 Å². The number of hydrogen-bond acceptors (Lipinski definition) is 5. The lowest BCUT2D eigenvalue weighted by atomic mass is 10.2. The highest BCUT2D eigenvalue weighted by Gasteiger charge is 2.14. The first kappa shape index (κ1) is 21.1. The molecule has 30 heavy (non-hydrogen) atoms. The minimum absolute atomic E-state index is 0.0388. The predicted octanol–water partition coefficient (Wildman–Crippen LogP) is 3.36. The van der Waals surface area contributed by atoms with Crippen molar-refractivity contribution < 1.29 is 22.7 Å². The maximum Gasteiger partial charge on any atom is 0.262 e. The van der Waals surface area contributed by atoms with Crippen LogP contribution in [-0.2, 0) is 14.6 Å². The number of anilines is 2. The Morgan fingerprint density at radius 3 is 2.13 bits per heavy atom. The molecular formula is C22H20N2O5S. The molecule has 0 heterocycles. The van der Waals surface area contributed by atoms with Crippen molar-refractivity contribution in [1.29, 1.82) is 0 Å². The third kappa shape index (κ3) is 5.68. The molecule has 0 saturated heterocycles. The molecule has 0 radical (unpaired) electrons. The Morgan fingerprint density at radius 2 is 1.47 bits per heavy atom. The number of hydrogen-bond donors (Lipinski definition) is 2. The summed E-state index contributed by atoms with van der Waals surface area (Å²) in [5.74, 6) is -0.292. The highest BCUT2D eigenvalue weighted by molar-refractivity contribution is 7.90. The summed E-state index contributed by atoms with van der Waals surface area (Å²) in [6.07, 6.45) is 1.08. The molecule has 0 spiro atoms. The van der Waals surface area contributed by atoms with Gasteiger partial charge >= 0.3 is 0 Å². The van der Waals surface area contributed by atoms with Crippen LogP contribution in [0.1, 0.15) is 10.4 Å². The van der Waals surface area contributed by atoms with E-state index in [1.165, 1.54) is 12.1 Å². The Bertz CT molecular complexity index is 1140. The van der Waals surface area contributed by atoms with Crippen LogP contribution in [0.25, 0.3) is 0 Å². The van der Waals surface area contributed by atoms with Crippen molar-refractivity contribution in [2.75, 3.05) is 23.5 Å². The molecule has 0 atom stereocenters. The van der Waals surface area contributed by atoms with E-state index in [9.17, 15) is 18.0 Å². The fourth-order valence-electron chi connectivity index (χ4n) is 2.66. The minimum Gasteiger partial charge on any atom is -0.484 e. The molecule has 0 unspecified atom stereocenters. The summed E-state index contributed by atoms with van der Waals surface area (Å²) in [5.41, 5.74) is 1.33. The first-order valence-corrected chi connectivity index (χ1v) is 10.9. The van der Waals surface area contributed by atoms with Crippen molar-refractivity contribution in [3.63, 3.8) is 0 Å². The van der Waals surface area contributed by atoms with Gasteiger partial charge in [-0.05, 0) is 48.5 Å². The number of para-hydroxylation sites is 1. The Labute approximate surface area is 174 Å². The van der Waals surface area contributed by atoms with Gasteiger partial charge in [0.2, 0.25) is 0 Å². The summed E-state index contributed by atoms with van der Waals surface area (Å²) in [4.78, 5) is 24.3. The number of nitrogens with one attached hydrogen (secondary N) is 2. The topological polar surface area (TPSA) is 102 Å². The van der Waals surface area contributed by atoms with Crippen LogP contribution in [0.4, 0.5) is 11.4 Å². The molecule has 0 aliphatic carbocycles. The monoisotopic (exact) mass is 424 g/mol. The van der Waals surface area contributed by atoms with Gasteiger partial charge < -0.3 is 15.4 Å². The first-order valence-electron chi connectivity index (χ1n) is 9.01. The second-order valence-corrected chi connectivity index (χ2v) is 8.43. The Kier molecular flexibility index (Phi) is 6.48. The van der Waals surface area contributed by atoms with Crippen LogP contribution in [0, 0.1) is 0 Å². The maximum absolute atomic E-state index is 12.1. The van der Waals surface area contributed by atoms with Gasteiger partial charge in [0.1, 0.15) is 5.75 Å². The van der Waals surface area contributed by atoms with E-state index in [1.54, 1.807) is 60.7 Å². The Morgan fingerprint density at radius 1 is 0.833 bits per heavy atom. The fraction of sp³-hybridized carbons (Fsp3) is 0.0909. The van der Waals surface area contributed by atoms with E-state index in [1.807, 2.05) is 6.07 Å². The van der Waals surface area contributed by atoms with Gasteiger partial charge in [0, 0.05) is 17.5 Å². The van der Waals surface area contributed by atoms with Crippen LogP contribution in [0.2, 0.25) is 0 Å². The molecular weight excluding hydrogens is 404 g/mol. The average molecular weight is 424 g/mol. The lowest BCUT2D eigenvalue weighted by Gasteiger charge is -2.11. The third-order valence-electron chi connectivity index (χ3n) is 4.08. The quantitative estimate of drug-likeness (QED) is 0.606. The normalized spacial score (nSPS) is 10.8. The zero-order valence-corrected chi connectivity index (χ0v) is 17.0. The van der Waals surface area contributed by atoms with E-state index in [2.05, 4.69) is 10.6 Å². The number of benzene rings is 3. The molecule has 0 aromatic heterocycles. The molecule has 0 saturated carbocycles. The van der Waals surface area contributed by atoms with Crippen LogP contribution in [0.15, 0.2) is 83.8 Å². The number of ether oxygens (including phenoxy) is 1. The van der Waals surface area contributed by atoms with Gasteiger partial charge in [-0.3, -0.25) is 9.59 Å². The smallest absolute Gasteiger partial charge is 0.262 e. The molecule has 2 N–H and O–H groups in total. The van der Waals surface area contributed by atoms with Crippen LogP contribution < -0.4 is 15.4 Å². The third-order valence-corrected chi connectivity index (χ3v) is 5.23. The zero-order chi connectivity index (χ0) is 21.6. The van der Waals surface area contributed by atoms with Gasteiger partial charge in [-0.1, -0.05) is 30.3 Å². The van der Waals surface area contributed by atoms with Crippen molar-refractivity contribution in [1.82, 2.24) is 0 Å². The standard InChI is InChI=1S/C22H20N2O5S/c1-30(27,28)20-10-6-5-9-19(20)24-21(25)15-29-18-13-11-17(12-14-18)23-22(26)16-7-3-2-4-8-16/h2-14H,15H2,1H3,(H,23,26)(H,24,25). The number of carbonyl (C=O) groups is 2. The predicted molar refractivity (Wildman–Crippen MR) is 115 cm³/mol. The summed E-state index contributed by atoms with van der Waals surface area (Å²) in [5, 5.41) is 5.32. The summed E-state index contributed by atoms with van der Waals surface area (Å²) in [6.45, 7) is -0.298. The molecule has 3 rings (SSSR count). The highest BCUT2D eigenvalue weighted by atomic mass is 32.2. The van der Waals surface area contributed by atoms with Crippen LogP contribution >= 0.6 is 0 Å². The molecule has 0 bridgehead atoms. The molecule has 154 valence electrons. The molecule has 0 aliphatic heterocycles. The first-order chi connectivity index (χ1) is 14.3. The SMILES string of the molecule is CS(=O)(=O)c1ccccc1NC(=O)COc1ccc(NC(=O)c2ccccc2)cc1. The van der Waals surface area contributed by atoms with E-state index in [-0.39, 0.29) is 23.1 Å². The second-order valence-electron chi connectivity index (χ2n) is 6.45. The van der Waals surface area contributed by atoms with Crippen molar-refractivity contribution in [3.05, 3.63) is 84.4 Å². The van der Waals surface area contributed by atoms with Crippen molar-refractivity contribution >= 4 is 33.0 Å². The molecule has 8 heteroatoms. The maximum atomic E-state index is 12.1. The molecule has 3 aromatic rings. The van der Waals surface area contributed by atoms with E-state index in [0.29, 0.717) is 17.0 Å².